The number of rotatable bonds is 4. The number of likely N-dealkylation sites (N-methyl/N-ethyl adjacent to an activating group) is 1. The highest BCUT2D eigenvalue weighted by molar-refractivity contribution is 5.96. The Kier molecular flexibility index (Phi) is 4.16. The molecule has 0 spiro atoms. The van der Waals surface area contributed by atoms with Crippen LogP contribution in [0.4, 0.5) is 0 Å². The van der Waals surface area contributed by atoms with Gasteiger partial charge in [-0.3, -0.25) is 4.79 Å². The molecule has 1 aliphatic rings. The minimum Gasteiger partial charge on any atom is -0.479 e. The van der Waals surface area contributed by atoms with Crippen molar-refractivity contribution in [3.05, 3.63) is 59.0 Å². The molecule has 1 aliphatic heterocycles. The summed E-state index contributed by atoms with van der Waals surface area (Å²) in [5.74, 6) is -1.33. The second-order valence-corrected chi connectivity index (χ2v) is 5.44. The highest BCUT2D eigenvalue weighted by Gasteiger charge is 2.32. The van der Waals surface area contributed by atoms with Crippen LogP contribution in [0.25, 0.3) is 0 Å². The number of hydrogen-bond donors (Lipinski definition) is 1. The molecular formula is C17H17NO5. The average molecular weight is 315 g/mol. The second-order valence-electron chi connectivity index (χ2n) is 5.44. The molecule has 2 heterocycles. The van der Waals surface area contributed by atoms with Crippen LogP contribution >= 0.6 is 0 Å². The zero-order chi connectivity index (χ0) is 16.4. The molecular weight excluding hydrogens is 298 g/mol. The number of carboxylic acid groups (broad SMARTS) is 1. The summed E-state index contributed by atoms with van der Waals surface area (Å²) >= 11 is 0. The summed E-state index contributed by atoms with van der Waals surface area (Å²) in [7, 11) is 1.47. The lowest BCUT2D eigenvalue weighted by Crippen LogP contribution is -2.36. The molecule has 0 saturated heterocycles. The van der Waals surface area contributed by atoms with E-state index in [0.717, 1.165) is 11.1 Å². The lowest BCUT2D eigenvalue weighted by atomic mass is 10.0. The van der Waals surface area contributed by atoms with Crippen molar-refractivity contribution in [2.24, 2.45) is 0 Å². The molecule has 0 aliphatic carbocycles. The van der Waals surface area contributed by atoms with Crippen LogP contribution < -0.4 is 0 Å². The zero-order valence-corrected chi connectivity index (χ0v) is 12.7. The van der Waals surface area contributed by atoms with Gasteiger partial charge in [0.15, 0.2) is 11.8 Å². The third kappa shape index (κ3) is 2.85. The van der Waals surface area contributed by atoms with E-state index in [2.05, 4.69) is 0 Å². The van der Waals surface area contributed by atoms with Crippen LogP contribution in [0.15, 0.2) is 41.0 Å². The maximum absolute atomic E-state index is 12.7. The fraction of sp³-hybridized carbons (Fsp3) is 0.294. The van der Waals surface area contributed by atoms with E-state index in [4.69, 9.17) is 9.15 Å². The summed E-state index contributed by atoms with van der Waals surface area (Å²) in [4.78, 5) is 25.6. The molecule has 1 aromatic carbocycles. The topological polar surface area (TPSA) is 80.0 Å². The molecule has 0 saturated carbocycles. The van der Waals surface area contributed by atoms with Crippen molar-refractivity contribution < 1.29 is 23.8 Å². The van der Waals surface area contributed by atoms with Crippen LogP contribution in [-0.2, 0) is 22.6 Å². The Morgan fingerprint density at radius 1 is 1.26 bits per heavy atom. The second kappa shape index (κ2) is 6.26. The lowest BCUT2D eigenvalue weighted by molar-refractivity contribution is -0.142. The van der Waals surface area contributed by atoms with E-state index in [1.807, 2.05) is 0 Å². The standard InChI is InChI=1S/C17H17NO5/c1-18(14(17(20)21)11-5-3-2-4-6-11)16(19)15-13-7-8-22-9-12(13)10-23-15/h2-6,10,14H,7-9H2,1H3,(H,20,21). The molecule has 3 rings (SSSR count). The SMILES string of the molecule is CN(C(=O)c1occ2c1CCOC2)C(C(=O)O)c1ccccc1. The monoisotopic (exact) mass is 315 g/mol. The minimum absolute atomic E-state index is 0.202. The van der Waals surface area contributed by atoms with E-state index < -0.39 is 17.9 Å². The summed E-state index contributed by atoms with van der Waals surface area (Å²) < 4.78 is 10.7. The van der Waals surface area contributed by atoms with Crippen molar-refractivity contribution >= 4 is 11.9 Å². The van der Waals surface area contributed by atoms with Gasteiger partial charge in [-0.25, -0.2) is 4.79 Å². The van der Waals surface area contributed by atoms with E-state index in [0.29, 0.717) is 25.2 Å². The number of hydrogen-bond acceptors (Lipinski definition) is 4. The Balaban J connectivity index is 1.91. The van der Waals surface area contributed by atoms with E-state index in [1.54, 1.807) is 30.3 Å². The Labute approximate surface area is 133 Å². The average Bonchev–Trinajstić information content (AvgIpc) is 2.99. The molecule has 1 aromatic heterocycles. The van der Waals surface area contributed by atoms with Crippen LogP contribution in [0.5, 0.6) is 0 Å². The fourth-order valence-electron chi connectivity index (χ4n) is 2.79. The molecule has 23 heavy (non-hydrogen) atoms. The van der Waals surface area contributed by atoms with Gasteiger partial charge >= 0.3 is 5.97 Å². The number of benzene rings is 1. The molecule has 0 fully saturated rings. The lowest BCUT2D eigenvalue weighted by Gasteiger charge is -2.25. The number of carboxylic acids is 1. The van der Waals surface area contributed by atoms with Gasteiger partial charge in [0.05, 0.1) is 19.5 Å². The van der Waals surface area contributed by atoms with E-state index in [-0.39, 0.29) is 5.76 Å². The quantitative estimate of drug-likeness (QED) is 0.936. The number of nitrogens with zero attached hydrogens (tertiary/aromatic N) is 1. The smallest absolute Gasteiger partial charge is 0.331 e. The highest BCUT2D eigenvalue weighted by Crippen LogP contribution is 2.27. The van der Waals surface area contributed by atoms with Gasteiger partial charge in [-0.2, -0.15) is 0 Å². The van der Waals surface area contributed by atoms with Gasteiger partial charge in [0.2, 0.25) is 0 Å². The molecule has 2 aromatic rings. The van der Waals surface area contributed by atoms with Gasteiger partial charge in [-0.1, -0.05) is 30.3 Å². The number of ether oxygens (including phenoxy) is 1. The van der Waals surface area contributed by atoms with Crippen molar-refractivity contribution in [1.29, 1.82) is 0 Å². The Hall–Kier alpha value is -2.60. The first-order chi connectivity index (χ1) is 11.1. The van der Waals surface area contributed by atoms with Crippen molar-refractivity contribution in [1.82, 2.24) is 4.90 Å². The maximum Gasteiger partial charge on any atom is 0.331 e. The van der Waals surface area contributed by atoms with Gasteiger partial charge in [0.1, 0.15) is 0 Å². The summed E-state index contributed by atoms with van der Waals surface area (Å²) in [6, 6.07) is 7.60. The number of carbonyl (C=O) groups excluding carboxylic acids is 1. The van der Waals surface area contributed by atoms with Gasteiger partial charge < -0.3 is 19.2 Å². The predicted octanol–water partition coefficient (Wildman–Crippen LogP) is 2.25. The third-order valence-corrected chi connectivity index (χ3v) is 3.99. The first-order valence-corrected chi connectivity index (χ1v) is 7.31. The molecule has 6 heteroatoms. The van der Waals surface area contributed by atoms with Crippen molar-refractivity contribution in [2.45, 2.75) is 19.1 Å². The fourth-order valence-corrected chi connectivity index (χ4v) is 2.79. The van der Waals surface area contributed by atoms with Crippen molar-refractivity contribution in [3.63, 3.8) is 0 Å². The maximum atomic E-state index is 12.7. The van der Waals surface area contributed by atoms with E-state index in [9.17, 15) is 14.7 Å². The number of furan rings is 1. The molecule has 0 bridgehead atoms. The molecule has 6 nitrogen and oxygen atoms in total. The first-order valence-electron chi connectivity index (χ1n) is 7.31. The van der Waals surface area contributed by atoms with E-state index in [1.165, 1.54) is 18.2 Å². The minimum atomic E-state index is -1.09. The normalized spacial score (nSPS) is 14.8. The highest BCUT2D eigenvalue weighted by atomic mass is 16.5. The van der Waals surface area contributed by atoms with Gasteiger partial charge in [-0.05, 0) is 5.56 Å². The Bertz CT molecular complexity index is 722. The number of aliphatic carboxylic acids is 1. The summed E-state index contributed by atoms with van der Waals surface area (Å²) in [6.45, 7) is 0.939. The predicted molar refractivity (Wildman–Crippen MR) is 81.0 cm³/mol. The van der Waals surface area contributed by atoms with Crippen molar-refractivity contribution in [2.75, 3.05) is 13.7 Å². The summed E-state index contributed by atoms with van der Waals surface area (Å²) in [5, 5.41) is 9.54. The van der Waals surface area contributed by atoms with Crippen LogP contribution in [0.2, 0.25) is 0 Å². The summed E-state index contributed by atoms with van der Waals surface area (Å²) in [6.07, 6.45) is 2.09. The van der Waals surface area contributed by atoms with Crippen molar-refractivity contribution in [3.8, 4) is 0 Å². The number of fused-ring (bicyclic) bond motifs is 1. The van der Waals surface area contributed by atoms with Crippen LogP contribution in [-0.4, -0.2) is 35.5 Å². The molecule has 120 valence electrons. The Morgan fingerprint density at radius 3 is 2.70 bits per heavy atom. The molecule has 0 radical (unpaired) electrons. The first kappa shape index (κ1) is 15.3. The molecule has 1 atom stereocenters. The molecule has 1 amide bonds. The van der Waals surface area contributed by atoms with E-state index >= 15 is 0 Å². The number of carbonyl (C=O) groups is 2. The van der Waals surface area contributed by atoms with Crippen LogP contribution in [0.3, 0.4) is 0 Å². The Morgan fingerprint density at radius 2 is 2.00 bits per heavy atom. The number of amides is 1. The van der Waals surface area contributed by atoms with Crippen LogP contribution in [0, 0.1) is 0 Å². The van der Waals surface area contributed by atoms with Gasteiger partial charge in [-0.15, -0.1) is 0 Å². The third-order valence-electron chi connectivity index (χ3n) is 3.99. The van der Waals surface area contributed by atoms with Crippen LogP contribution in [0.1, 0.15) is 33.3 Å². The zero-order valence-electron chi connectivity index (χ0n) is 12.7. The largest absolute Gasteiger partial charge is 0.479 e. The van der Waals surface area contributed by atoms with Gasteiger partial charge in [0, 0.05) is 24.6 Å². The van der Waals surface area contributed by atoms with Gasteiger partial charge in [0.25, 0.3) is 5.91 Å². The summed E-state index contributed by atoms with van der Waals surface area (Å²) in [5.41, 5.74) is 2.20. The molecule has 1 unspecified atom stereocenters. The molecule has 1 N–H and O–H groups in total.